The number of benzene rings is 2. The summed E-state index contributed by atoms with van der Waals surface area (Å²) < 4.78 is 16.4. The number of morpholine rings is 1. The third-order valence-corrected chi connectivity index (χ3v) is 5.09. The van der Waals surface area contributed by atoms with Gasteiger partial charge in [0.05, 0.1) is 13.2 Å². The van der Waals surface area contributed by atoms with E-state index in [-0.39, 0.29) is 0 Å². The van der Waals surface area contributed by atoms with Crippen LogP contribution in [-0.4, -0.2) is 49.9 Å². The molecule has 166 valence electrons. The second kappa shape index (κ2) is 10.0. The molecule has 0 aliphatic carbocycles. The van der Waals surface area contributed by atoms with E-state index in [1.54, 1.807) is 38.1 Å². The number of hydrogen-bond acceptors (Lipinski definition) is 6. The fourth-order valence-electron chi connectivity index (χ4n) is 3.02. The molecule has 0 bridgehead atoms. The second-order valence-corrected chi connectivity index (χ2v) is 8.19. The molecule has 0 radical (unpaired) electrons. The van der Waals surface area contributed by atoms with Crippen molar-refractivity contribution >= 4 is 34.9 Å². The van der Waals surface area contributed by atoms with Crippen LogP contribution in [0.2, 0.25) is 5.02 Å². The Bertz CT molecular complexity index is 893. The Balaban J connectivity index is 1.53. The lowest BCUT2D eigenvalue weighted by atomic mass is 10.1. The highest BCUT2D eigenvalue weighted by molar-refractivity contribution is 6.30. The largest absolute Gasteiger partial charge is 0.476 e. The molecule has 0 saturated carbocycles. The lowest BCUT2D eigenvalue weighted by Gasteiger charge is -2.29. The highest BCUT2D eigenvalue weighted by Gasteiger charge is 2.34. The Labute approximate surface area is 187 Å². The van der Waals surface area contributed by atoms with Crippen molar-refractivity contribution in [2.75, 3.05) is 36.5 Å². The Kier molecular flexibility index (Phi) is 7.41. The van der Waals surface area contributed by atoms with E-state index >= 15 is 0 Å². The maximum atomic E-state index is 12.6. The summed E-state index contributed by atoms with van der Waals surface area (Å²) in [7, 11) is 0. The maximum Gasteiger partial charge on any atom is 0.350 e. The topological polar surface area (TPSA) is 77.1 Å². The number of rotatable bonds is 7. The van der Waals surface area contributed by atoms with E-state index < -0.39 is 23.6 Å². The van der Waals surface area contributed by atoms with E-state index in [0.29, 0.717) is 29.7 Å². The van der Waals surface area contributed by atoms with E-state index in [0.717, 1.165) is 18.8 Å². The molecule has 0 spiro atoms. The number of nitrogens with zero attached hydrogens (tertiary/aromatic N) is 1. The molecule has 3 rings (SSSR count). The van der Waals surface area contributed by atoms with Crippen LogP contribution in [0.5, 0.6) is 5.75 Å². The normalized spacial score (nSPS) is 15.2. The van der Waals surface area contributed by atoms with Gasteiger partial charge in [0.15, 0.2) is 11.7 Å². The van der Waals surface area contributed by atoms with Crippen molar-refractivity contribution in [1.29, 1.82) is 0 Å². The van der Waals surface area contributed by atoms with Gasteiger partial charge in [-0.05, 0) is 69.3 Å². The number of carbonyl (C=O) groups is 2. The van der Waals surface area contributed by atoms with Gasteiger partial charge in [0.2, 0.25) is 0 Å². The van der Waals surface area contributed by atoms with Crippen LogP contribution in [-0.2, 0) is 19.1 Å². The van der Waals surface area contributed by atoms with E-state index in [4.69, 9.17) is 25.8 Å². The monoisotopic (exact) mass is 446 g/mol. The van der Waals surface area contributed by atoms with Gasteiger partial charge in [0.25, 0.3) is 5.91 Å². The molecule has 1 atom stereocenters. The fourth-order valence-corrected chi connectivity index (χ4v) is 3.14. The first-order valence-corrected chi connectivity index (χ1v) is 10.5. The summed E-state index contributed by atoms with van der Waals surface area (Å²) in [6, 6.07) is 14.2. The third-order valence-electron chi connectivity index (χ3n) is 4.84. The minimum absolute atomic E-state index is 0.422. The lowest BCUT2D eigenvalue weighted by molar-refractivity contribution is -0.166. The highest BCUT2D eigenvalue weighted by Crippen LogP contribution is 2.23. The van der Waals surface area contributed by atoms with Gasteiger partial charge < -0.3 is 24.4 Å². The van der Waals surface area contributed by atoms with Crippen molar-refractivity contribution in [3.05, 3.63) is 53.6 Å². The van der Waals surface area contributed by atoms with E-state index in [9.17, 15) is 9.59 Å². The second-order valence-electron chi connectivity index (χ2n) is 7.75. The van der Waals surface area contributed by atoms with Gasteiger partial charge in [-0.2, -0.15) is 0 Å². The number of halogens is 1. The van der Waals surface area contributed by atoms with Crippen molar-refractivity contribution in [2.24, 2.45) is 0 Å². The lowest BCUT2D eigenvalue weighted by Crippen LogP contribution is -2.43. The van der Waals surface area contributed by atoms with E-state index in [1.165, 1.54) is 6.92 Å². The number of ether oxygens (including phenoxy) is 3. The van der Waals surface area contributed by atoms with Gasteiger partial charge in [-0.3, -0.25) is 4.79 Å². The van der Waals surface area contributed by atoms with Crippen molar-refractivity contribution in [3.8, 4) is 5.75 Å². The molecule has 0 aromatic heterocycles. The van der Waals surface area contributed by atoms with Gasteiger partial charge in [-0.25, -0.2) is 4.79 Å². The fraction of sp³-hybridized carbons (Fsp3) is 0.391. The van der Waals surface area contributed by atoms with Gasteiger partial charge in [-0.1, -0.05) is 11.6 Å². The van der Waals surface area contributed by atoms with Crippen molar-refractivity contribution < 1.29 is 23.8 Å². The number of esters is 1. The Morgan fingerprint density at radius 2 is 1.68 bits per heavy atom. The summed E-state index contributed by atoms with van der Waals surface area (Å²) in [5, 5.41) is 3.34. The van der Waals surface area contributed by atoms with E-state index in [2.05, 4.69) is 10.2 Å². The summed E-state index contributed by atoms with van der Waals surface area (Å²) in [5.74, 6) is -0.591. The molecule has 0 unspecified atom stereocenters. The summed E-state index contributed by atoms with van der Waals surface area (Å²) in [4.78, 5) is 27.3. The first kappa shape index (κ1) is 22.9. The molecule has 1 saturated heterocycles. The molecular weight excluding hydrogens is 420 g/mol. The molecule has 1 aliphatic heterocycles. The predicted octanol–water partition coefficient (Wildman–Crippen LogP) is 3.90. The van der Waals surface area contributed by atoms with Crippen LogP contribution in [0, 0.1) is 0 Å². The van der Waals surface area contributed by atoms with Crippen LogP contribution in [0.15, 0.2) is 48.5 Å². The van der Waals surface area contributed by atoms with Crippen molar-refractivity contribution in [1.82, 2.24) is 0 Å². The number of amides is 1. The molecule has 31 heavy (non-hydrogen) atoms. The van der Waals surface area contributed by atoms with Crippen LogP contribution in [0.3, 0.4) is 0 Å². The number of nitrogens with one attached hydrogen (secondary N) is 1. The van der Waals surface area contributed by atoms with Crippen LogP contribution in [0.25, 0.3) is 0 Å². The van der Waals surface area contributed by atoms with Crippen molar-refractivity contribution in [2.45, 2.75) is 32.5 Å². The molecular formula is C23H27ClN2O5. The smallest absolute Gasteiger partial charge is 0.350 e. The molecule has 1 heterocycles. The summed E-state index contributed by atoms with van der Waals surface area (Å²) in [6.07, 6.45) is -0.987. The maximum absolute atomic E-state index is 12.6. The third kappa shape index (κ3) is 6.35. The molecule has 1 aliphatic rings. The highest BCUT2D eigenvalue weighted by atomic mass is 35.5. The van der Waals surface area contributed by atoms with Gasteiger partial charge in [0.1, 0.15) is 5.75 Å². The molecule has 7 nitrogen and oxygen atoms in total. The molecule has 1 fully saturated rings. The Hall–Kier alpha value is -2.77. The van der Waals surface area contributed by atoms with E-state index in [1.807, 2.05) is 24.3 Å². The van der Waals surface area contributed by atoms with Crippen LogP contribution < -0.4 is 15.0 Å². The molecule has 1 amide bonds. The summed E-state index contributed by atoms with van der Waals surface area (Å²) >= 11 is 5.86. The average Bonchev–Trinajstić information content (AvgIpc) is 2.76. The van der Waals surface area contributed by atoms with Crippen molar-refractivity contribution in [3.63, 3.8) is 0 Å². The first-order chi connectivity index (χ1) is 14.7. The SMILES string of the molecule is C[C@H](OC(=O)C(C)(C)Oc1ccc(Cl)cc1)C(=O)Nc1ccc(N2CCOCC2)cc1. The van der Waals surface area contributed by atoms with Crippen LogP contribution in [0.4, 0.5) is 11.4 Å². The Morgan fingerprint density at radius 3 is 2.29 bits per heavy atom. The quantitative estimate of drug-likeness (QED) is 0.650. The number of hydrogen-bond donors (Lipinski definition) is 1. The molecule has 8 heteroatoms. The van der Waals surface area contributed by atoms with Crippen LogP contribution in [0.1, 0.15) is 20.8 Å². The molecule has 2 aromatic rings. The zero-order valence-electron chi connectivity index (χ0n) is 17.9. The standard InChI is InChI=1S/C23H27ClN2O5/c1-16(30-22(28)23(2,3)31-20-10-4-17(24)5-11-20)21(27)25-18-6-8-19(9-7-18)26-12-14-29-15-13-26/h4-11,16H,12-15H2,1-3H3,(H,25,27)/t16-/m0/s1. The first-order valence-electron chi connectivity index (χ1n) is 10.1. The van der Waals surface area contributed by atoms with Gasteiger partial charge in [0, 0.05) is 29.5 Å². The number of carbonyl (C=O) groups excluding carboxylic acids is 2. The van der Waals surface area contributed by atoms with Gasteiger partial charge in [-0.15, -0.1) is 0 Å². The van der Waals surface area contributed by atoms with Crippen LogP contribution >= 0.6 is 11.6 Å². The zero-order chi connectivity index (χ0) is 22.4. The van der Waals surface area contributed by atoms with Gasteiger partial charge >= 0.3 is 5.97 Å². The predicted molar refractivity (Wildman–Crippen MR) is 120 cm³/mol. The average molecular weight is 447 g/mol. The molecule has 2 aromatic carbocycles. The number of anilines is 2. The summed E-state index contributed by atoms with van der Waals surface area (Å²) in [5.41, 5.74) is 0.422. The minimum Gasteiger partial charge on any atom is -0.476 e. The molecule has 1 N–H and O–H groups in total. The Morgan fingerprint density at radius 1 is 1.06 bits per heavy atom. The summed E-state index contributed by atoms with van der Waals surface area (Å²) in [6.45, 7) is 7.78. The zero-order valence-corrected chi connectivity index (χ0v) is 18.6. The minimum atomic E-state index is -1.28.